The van der Waals surface area contributed by atoms with Crippen molar-refractivity contribution in [2.45, 2.75) is 38.4 Å². The normalized spacial score (nSPS) is 17.3. The number of hydrogen-bond donors (Lipinski definition) is 3. The lowest BCUT2D eigenvalue weighted by Gasteiger charge is -2.35. The fourth-order valence-electron chi connectivity index (χ4n) is 5.25. The third-order valence-electron chi connectivity index (χ3n) is 8.01. The van der Waals surface area contributed by atoms with Crippen LogP contribution < -0.4 is 21.1 Å². The van der Waals surface area contributed by atoms with Crippen molar-refractivity contribution in [3.8, 4) is 11.9 Å². The lowest BCUT2D eigenvalue weighted by atomic mass is 10.1. The van der Waals surface area contributed by atoms with E-state index in [1.54, 1.807) is 9.47 Å². The molecule has 0 spiro atoms. The number of ether oxygens (including phenoxy) is 2. The summed E-state index contributed by atoms with van der Waals surface area (Å²) in [5.74, 6) is -1.59. The summed E-state index contributed by atoms with van der Waals surface area (Å²) in [6, 6.07) is 8.52. The van der Waals surface area contributed by atoms with Gasteiger partial charge in [0.15, 0.2) is 17.5 Å². The zero-order chi connectivity index (χ0) is 34.0. The van der Waals surface area contributed by atoms with E-state index in [2.05, 4.69) is 30.0 Å². The Morgan fingerprint density at radius 2 is 1.88 bits per heavy atom. The molecule has 5 heterocycles. The van der Waals surface area contributed by atoms with Gasteiger partial charge in [0, 0.05) is 44.4 Å². The van der Waals surface area contributed by atoms with Gasteiger partial charge in [-0.1, -0.05) is 6.07 Å². The predicted octanol–water partition coefficient (Wildman–Crippen LogP) is 3.29. The van der Waals surface area contributed by atoms with E-state index >= 15 is 0 Å². The summed E-state index contributed by atoms with van der Waals surface area (Å²) in [4.78, 5) is 14.9. The number of rotatable bonds is 10. The van der Waals surface area contributed by atoms with Crippen LogP contribution in [0.25, 0.3) is 11.8 Å². The molecule has 2 aliphatic heterocycles. The van der Waals surface area contributed by atoms with Crippen molar-refractivity contribution in [1.29, 1.82) is 5.26 Å². The molecule has 0 bridgehead atoms. The van der Waals surface area contributed by atoms with Crippen molar-refractivity contribution < 1.29 is 31.4 Å². The molecule has 5 N–H and O–H groups in total. The van der Waals surface area contributed by atoms with Crippen LogP contribution in [0.15, 0.2) is 30.3 Å². The second kappa shape index (κ2) is 13.4. The average molecular weight is 672 g/mol. The van der Waals surface area contributed by atoms with Crippen LogP contribution >= 0.6 is 0 Å². The van der Waals surface area contributed by atoms with Gasteiger partial charge >= 0.3 is 6.18 Å². The molecule has 13 nitrogen and oxygen atoms in total. The molecule has 1 aromatic carbocycles. The first-order chi connectivity index (χ1) is 23.0. The van der Waals surface area contributed by atoms with Crippen molar-refractivity contribution in [3.05, 3.63) is 76.3 Å². The van der Waals surface area contributed by atoms with E-state index in [0.717, 1.165) is 12.5 Å². The second-order valence-corrected chi connectivity index (χ2v) is 11.2. The first-order valence-corrected chi connectivity index (χ1v) is 14.9. The minimum Gasteiger partial charge on any atom is -0.473 e. The van der Waals surface area contributed by atoms with Crippen LogP contribution in [0.2, 0.25) is 0 Å². The van der Waals surface area contributed by atoms with E-state index in [1.165, 1.54) is 30.3 Å². The Morgan fingerprint density at radius 3 is 2.52 bits per heavy atom. The fourth-order valence-corrected chi connectivity index (χ4v) is 5.25. The molecule has 3 aromatic heterocycles. The third-order valence-corrected chi connectivity index (χ3v) is 8.01. The van der Waals surface area contributed by atoms with Gasteiger partial charge in [0.1, 0.15) is 29.8 Å². The Kier molecular flexibility index (Phi) is 9.15. The predicted molar refractivity (Wildman–Crippen MR) is 162 cm³/mol. The van der Waals surface area contributed by atoms with Crippen LogP contribution in [0, 0.1) is 23.0 Å². The van der Waals surface area contributed by atoms with E-state index < -0.39 is 23.6 Å². The number of halogens is 5. The molecule has 6 rings (SSSR count). The monoisotopic (exact) mass is 671 g/mol. The number of nitrogens with one attached hydrogen (secondary N) is 1. The number of nitrogens with two attached hydrogens (primary N) is 2. The highest BCUT2D eigenvalue weighted by Gasteiger charge is 2.35. The molecule has 48 heavy (non-hydrogen) atoms. The first kappa shape index (κ1) is 32.7. The number of alkyl halides is 3. The molecule has 4 aromatic rings. The highest BCUT2D eigenvalue weighted by atomic mass is 19.4. The van der Waals surface area contributed by atoms with Gasteiger partial charge in [0.25, 0.3) is 0 Å². The van der Waals surface area contributed by atoms with Crippen LogP contribution in [-0.4, -0.2) is 73.5 Å². The molecular weight excluding hydrogens is 641 g/mol. The number of hydrogen-bond acceptors (Lipinski definition) is 11. The van der Waals surface area contributed by atoms with Crippen molar-refractivity contribution >= 4 is 23.4 Å². The Labute approximate surface area is 270 Å². The lowest BCUT2D eigenvalue weighted by molar-refractivity contribution is -0.144. The van der Waals surface area contributed by atoms with E-state index in [0.29, 0.717) is 51.7 Å². The molecule has 2 aliphatic rings. The van der Waals surface area contributed by atoms with Gasteiger partial charge in [0.05, 0.1) is 36.5 Å². The summed E-state index contributed by atoms with van der Waals surface area (Å²) >= 11 is 0. The molecule has 1 atom stereocenters. The quantitative estimate of drug-likeness (QED) is 0.211. The van der Waals surface area contributed by atoms with Gasteiger partial charge in [-0.15, -0.1) is 10.2 Å². The number of aromatic amines is 1. The van der Waals surface area contributed by atoms with Gasteiger partial charge in [-0.2, -0.15) is 23.4 Å². The Hall–Kier alpha value is -5.28. The molecular formula is C30H30F5N11O2. The number of benzene rings is 1. The van der Waals surface area contributed by atoms with Crippen LogP contribution in [0.1, 0.15) is 40.7 Å². The number of nitrogen functional groups attached to an aromatic ring is 1. The van der Waals surface area contributed by atoms with E-state index in [1.807, 2.05) is 6.07 Å². The number of anilines is 2. The number of nitriles is 1. The van der Waals surface area contributed by atoms with Crippen molar-refractivity contribution in [1.82, 2.24) is 34.6 Å². The zero-order valence-corrected chi connectivity index (χ0v) is 25.3. The number of aromatic nitrogens is 6. The van der Waals surface area contributed by atoms with Crippen LogP contribution in [-0.2, 0) is 30.6 Å². The third kappa shape index (κ3) is 7.16. The summed E-state index contributed by atoms with van der Waals surface area (Å²) < 4.78 is 81.1. The largest absolute Gasteiger partial charge is 0.473 e. The Morgan fingerprint density at radius 1 is 1.10 bits per heavy atom. The SMILES string of the molecule is N#Cc1ccc(COc2ccc(F)c(N3CCN(Cc4nc(/C=C(\N)c5nnc(C(F)(F)F)[nH]5)c(N)n4CC4CCO4)CC3)n2)c(F)c1. The minimum atomic E-state index is -4.71. The van der Waals surface area contributed by atoms with Crippen molar-refractivity contribution in [2.24, 2.45) is 5.73 Å². The molecule has 1 unspecified atom stereocenters. The number of nitrogens with zero attached hydrogens (tertiary/aromatic N) is 8. The maximum atomic E-state index is 14.9. The number of H-pyrrole nitrogens is 1. The minimum absolute atomic E-state index is 0.0631. The fraction of sp³-hybridized carbons (Fsp3) is 0.367. The highest BCUT2D eigenvalue weighted by Crippen LogP contribution is 2.28. The van der Waals surface area contributed by atoms with Gasteiger partial charge in [-0.05, 0) is 30.7 Å². The van der Waals surface area contributed by atoms with Crippen molar-refractivity contribution in [2.75, 3.05) is 43.4 Å². The van der Waals surface area contributed by atoms with E-state index in [9.17, 15) is 22.0 Å². The molecule has 0 saturated carbocycles. The number of piperazine rings is 1. The Balaban J connectivity index is 1.13. The smallest absolute Gasteiger partial charge is 0.451 e. The first-order valence-electron chi connectivity index (χ1n) is 14.9. The standard InChI is InChI=1S/C30H30F5N11O2/c31-20-3-4-25(48-16-18-2-1-17(13-36)11-21(18)32)40-28(20)45-8-6-44(7-9-45)15-24-39-23(26(38)46(24)14-19-5-10-47-19)12-22(37)27-41-29(43-42-27)30(33,34)35/h1-4,11-12,19H,5-10,14-16,37-38H2,(H,41,42,43)/b22-12-. The van der Waals surface area contributed by atoms with Crippen LogP contribution in [0.4, 0.5) is 33.6 Å². The highest BCUT2D eigenvalue weighted by molar-refractivity contribution is 5.78. The van der Waals surface area contributed by atoms with Gasteiger partial charge < -0.3 is 35.4 Å². The summed E-state index contributed by atoms with van der Waals surface area (Å²) in [6.45, 7) is 3.15. The summed E-state index contributed by atoms with van der Waals surface area (Å²) in [5, 5.41) is 15.5. The second-order valence-electron chi connectivity index (χ2n) is 11.2. The van der Waals surface area contributed by atoms with Gasteiger partial charge in [-0.25, -0.2) is 13.8 Å². The van der Waals surface area contributed by atoms with Gasteiger partial charge in [0.2, 0.25) is 11.7 Å². The van der Waals surface area contributed by atoms with Gasteiger partial charge in [-0.3, -0.25) is 4.90 Å². The topological polar surface area (TPSA) is 173 Å². The molecule has 0 amide bonds. The number of imidazole rings is 1. The maximum absolute atomic E-state index is 14.9. The van der Waals surface area contributed by atoms with Crippen molar-refractivity contribution in [3.63, 3.8) is 0 Å². The van der Waals surface area contributed by atoms with E-state index in [4.69, 9.17) is 26.2 Å². The molecule has 18 heteroatoms. The summed E-state index contributed by atoms with van der Waals surface area (Å²) in [5.41, 5.74) is 13.0. The summed E-state index contributed by atoms with van der Waals surface area (Å²) in [7, 11) is 0. The Bertz CT molecular complexity index is 1850. The maximum Gasteiger partial charge on any atom is 0.451 e. The van der Waals surface area contributed by atoms with Crippen LogP contribution in [0.3, 0.4) is 0 Å². The average Bonchev–Trinajstić information content (AvgIpc) is 3.65. The molecule has 2 saturated heterocycles. The molecule has 0 radical (unpaired) electrons. The van der Waals surface area contributed by atoms with Crippen LogP contribution in [0.5, 0.6) is 5.88 Å². The molecule has 252 valence electrons. The zero-order valence-electron chi connectivity index (χ0n) is 25.3. The molecule has 2 fully saturated rings. The molecule has 0 aliphatic carbocycles. The number of pyridine rings is 1. The van der Waals surface area contributed by atoms with E-state index in [-0.39, 0.29) is 58.6 Å². The lowest BCUT2D eigenvalue weighted by Crippen LogP contribution is -2.47. The summed E-state index contributed by atoms with van der Waals surface area (Å²) in [6.07, 6.45) is -2.59.